The number of halogens is 2. The third-order valence-corrected chi connectivity index (χ3v) is 4.30. The Kier molecular flexibility index (Phi) is 4.92. The van der Waals surface area contributed by atoms with Crippen molar-refractivity contribution in [3.05, 3.63) is 35.4 Å². The molecule has 1 nitrogen and oxygen atoms in total. The van der Waals surface area contributed by atoms with Crippen molar-refractivity contribution < 1.29 is 8.78 Å². The SMILES string of the molecule is CC(N[C@@H](C)C1CCCCC1)c1ccc(F)cc1F. The summed E-state index contributed by atoms with van der Waals surface area (Å²) in [6.45, 7) is 4.11. The van der Waals surface area contributed by atoms with Crippen molar-refractivity contribution in [3.63, 3.8) is 0 Å². The summed E-state index contributed by atoms with van der Waals surface area (Å²) in [5.41, 5.74) is 0.545. The van der Waals surface area contributed by atoms with E-state index in [0.717, 1.165) is 6.07 Å². The van der Waals surface area contributed by atoms with Crippen LogP contribution in [-0.2, 0) is 0 Å². The molecule has 0 radical (unpaired) electrons. The molecule has 19 heavy (non-hydrogen) atoms. The Balaban J connectivity index is 1.97. The van der Waals surface area contributed by atoms with Gasteiger partial charge >= 0.3 is 0 Å². The summed E-state index contributed by atoms with van der Waals surface area (Å²) in [6.07, 6.45) is 6.46. The van der Waals surface area contributed by atoms with Gasteiger partial charge in [-0.2, -0.15) is 0 Å². The first-order valence-electron chi connectivity index (χ1n) is 7.29. The maximum absolute atomic E-state index is 13.7. The predicted octanol–water partition coefficient (Wildman–Crippen LogP) is 4.58. The molecule has 1 N–H and O–H groups in total. The maximum Gasteiger partial charge on any atom is 0.130 e. The van der Waals surface area contributed by atoms with Crippen LogP contribution in [0.4, 0.5) is 8.78 Å². The summed E-state index contributed by atoms with van der Waals surface area (Å²) in [4.78, 5) is 0. The van der Waals surface area contributed by atoms with Gasteiger partial charge < -0.3 is 5.32 Å². The van der Waals surface area contributed by atoms with Crippen LogP contribution in [0.5, 0.6) is 0 Å². The lowest BCUT2D eigenvalue weighted by Crippen LogP contribution is -2.36. The fraction of sp³-hybridized carbons (Fsp3) is 0.625. The van der Waals surface area contributed by atoms with Gasteiger partial charge in [0.15, 0.2) is 0 Å². The minimum Gasteiger partial charge on any atom is -0.307 e. The molecule has 1 saturated carbocycles. The predicted molar refractivity (Wildman–Crippen MR) is 73.9 cm³/mol. The highest BCUT2D eigenvalue weighted by molar-refractivity contribution is 5.21. The molecule has 1 aliphatic rings. The molecule has 1 aromatic carbocycles. The van der Waals surface area contributed by atoms with Crippen LogP contribution in [-0.4, -0.2) is 6.04 Å². The van der Waals surface area contributed by atoms with Crippen LogP contribution >= 0.6 is 0 Å². The van der Waals surface area contributed by atoms with Gasteiger partial charge in [0.25, 0.3) is 0 Å². The van der Waals surface area contributed by atoms with Crippen molar-refractivity contribution >= 4 is 0 Å². The van der Waals surface area contributed by atoms with Gasteiger partial charge in [0.05, 0.1) is 0 Å². The molecule has 0 saturated heterocycles. The summed E-state index contributed by atoms with van der Waals surface area (Å²) in [5.74, 6) is -0.302. The molecule has 0 aromatic heterocycles. The van der Waals surface area contributed by atoms with E-state index in [0.29, 0.717) is 17.5 Å². The normalized spacial score (nSPS) is 20.2. The highest BCUT2D eigenvalue weighted by Gasteiger charge is 2.22. The van der Waals surface area contributed by atoms with Gasteiger partial charge in [0.2, 0.25) is 0 Å². The van der Waals surface area contributed by atoms with Crippen LogP contribution in [0.2, 0.25) is 0 Å². The minimum absolute atomic E-state index is 0.0856. The first-order chi connectivity index (χ1) is 9.08. The molecule has 1 unspecified atom stereocenters. The van der Waals surface area contributed by atoms with Crippen molar-refractivity contribution in [2.45, 2.75) is 58.0 Å². The minimum atomic E-state index is -0.520. The van der Waals surface area contributed by atoms with Gasteiger partial charge in [0, 0.05) is 23.7 Å². The lowest BCUT2D eigenvalue weighted by Gasteiger charge is -2.31. The van der Waals surface area contributed by atoms with Gasteiger partial charge in [0.1, 0.15) is 11.6 Å². The smallest absolute Gasteiger partial charge is 0.130 e. The van der Waals surface area contributed by atoms with E-state index in [1.165, 1.54) is 44.2 Å². The summed E-state index contributed by atoms with van der Waals surface area (Å²) in [7, 11) is 0. The third kappa shape index (κ3) is 3.75. The molecule has 0 amide bonds. The van der Waals surface area contributed by atoms with E-state index in [2.05, 4.69) is 12.2 Å². The van der Waals surface area contributed by atoms with E-state index >= 15 is 0 Å². The van der Waals surface area contributed by atoms with Crippen LogP contribution in [0.3, 0.4) is 0 Å². The van der Waals surface area contributed by atoms with Crippen molar-refractivity contribution in [2.75, 3.05) is 0 Å². The Hall–Kier alpha value is -0.960. The average molecular weight is 267 g/mol. The van der Waals surface area contributed by atoms with Crippen LogP contribution in [0.1, 0.15) is 57.6 Å². The standard InChI is InChI=1S/C16H23F2N/c1-11(13-6-4-3-5-7-13)19-12(2)15-9-8-14(17)10-16(15)18/h8-13,19H,3-7H2,1-2H3/t11-,12?/m0/s1. The third-order valence-electron chi connectivity index (χ3n) is 4.30. The zero-order valence-electron chi connectivity index (χ0n) is 11.8. The molecule has 1 aromatic rings. The molecule has 2 rings (SSSR count). The zero-order chi connectivity index (χ0) is 13.8. The molecule has 1 fully saturated rings. The number of rotatable bonds is 4. The lowest BCUT2D eigenvalue weighted by atomic mass is 9.84. The monoisotopic (exact) mass is 267 g/mol. The van der Waals surface area contributed by atoms with Gasteiger partial charge in [-0.15, -0.1) is 0 Å². The molecule has 106 valence electrons. The summed E-state index contributed by atoms with van der Waals surface area (Å²) < 4.78 is 26.6. The molecule has 0 heterocycles. The summed E-state index contributed by atoms with van der Waals surface area (Å²) >= 11 is 0. The summed E-state index contributed by atoms with van der Waals surface area (Å²) in [6, 6.07) is 4.11. The first kappa shape index (κ1) is 14.4. The number of hydrogen-bond donors (Lipinski definition) is 1. The number of benzene rings is 1. The lowest BCUT2D eigenvalue weighted by molar-refractivity contribution is 0.267. The second kappa shape index (κ2) is 6.47. The molecule has 0 spiro atoms. The van der Waals surface area contributed by atoms with Gasteiger partial charge in [-0.1, -0.05) is 25.3 Å². The molecule has 2 atom stereocenters. The van der Waals surface area contributed by atoms with E-state index in [1.807, 2.05) is 6.92 Å². The Morgan fingerprint density at radius 2 is 1.79 bits per heavy atom. The quantitative estimate of drug-likeness (QED) is 0.841. The van der Waals surface area contributed by atoms with Gasteiger partial charge in [-0.3, -0.25) is 0 Å². The fourth-order valence-corrected chi connectivity index (χ4v) is 3.11. The molecular formula is C16H23F2N. The Morgan fingerprint density at radius 3 is 2.42 bits per heavy atom. The van der Waals surface area contributed by atoms with Gasteiger partial charge in [-0.05, 0) is 38.7 Å². The molecule has 3 heteroatoms. The van der Waals surface area contributed by atoms with E-state index in [1.54, 1.807) is 0 Å². The van der Waals surface area contributed by atoms with Gasteiger partial charge in [-0.25, -0.2) is 8.78 Å². The van der Waals surface area contributed by atoms with Crippen molar-refractivity contribution in [3.8, 4) is 0 Å². The Labute approximate surface area is 114 Å². The van der Waals surface area contributed by atoms with Crippen molar-refractivity contribution in [1.29, 1.82) is 0 Å². The largest absolute Gasteiger partial charge is 0.307 e. The van der Waals surface area contributed by atoms with E-state index in [-0.39, 0.29) is 6.04 Å². The number of nitrogens with one attached hydrogen (secondary N) is 1. The fourth-order valence-electron chi connectivity index (χ4n) is 3.11. The molecular weight excluding hydrogens is 244 g/mol. The van der Waals surface area contributed by atoms with Crippen molar-refractivity contribution in [2.24, 2.45) is 5.92 Å². The Bertz CT molecular complexity index is 413. The molecule has 0 aliphatic heterocycles. The Morgan fingerprint density at radius 1 is 1.11 bits per heavy atom. The first-order valence-corrected chi connectivity index (χ1v) is 7.29. The maximum atomic E-state index is 13.7. The van der Waals surface area contributed by atoms with E-state index < -0.39 is 11.6 Å². The van der Waals surface area contributed by atoms with E-state index in [4.69, 9.17) is 0 Å². The zero-order valence-corrected chi connectivity index (χ0v) is 11.8. The van der Waals surface area contributed by atoms with Crippen LogP contribution in [0.15, 0.2) is 18.2 Å². The van der Waals surface area contributed by atoms with Crippen molar-refractivity contribution in [1.82, 2.24) is 5.32 Å². The molecule has 0 bridgehead atoms. The topological polar surface area (TPSA) is 12.0 Å². The number of hydrogen-bond acceptors (Lipinski definition) is 1. The summed E-state index contributed by atoms with van der Waals surface area (Å²) in [5, 5.41) is 3.46. The molecule has 1 aliphatic carbocycles. The van der Waals surface area contributed by atoms with E-state index in [9.17, 15) is 8.78 Å². The highest BCUT2D eigenvalue weighted by atomic mass is 19.1. The van der Waals surface area contributed by atoms with Crippen LogP contribution < -0.4 is 5.32 Å². The second-order valence-corrected chi connectivity index (χ2v) is 5.74. The average Bonchev–Trinajstić information content (AvgIpc) is 2.39. The highest BCUT2D eigenvalue weighted by Crippen LogP contribution is 2.28. The second-order valence-electron chi connectivity index (χ2n) is 5.74. The van der Waals surface area contributed by atoms with Crippen LogP contribution in [0, 0.1) is 17.6 Å². The van der Waals surface area contributed by atoms with Crippen LogP contribution in [0.25, 0.3) is 0 Å².